The molecule has 3 heteroatoms. The number of thiophene rings is 1. The molecule has 1 aliphatic rings. The van der Waals surface area contributed by atoms with E-state index in [0.29, 0.717) is 0 Å². The Kier molecular flexibility index (Phi) is 4.71. The summed E-state index contributed by atoms with van der Waals surface area (Å²) in [6.07, 6.45) is 3.97. The van der Waals surface area contributed by atoms with Gasteiger partial charge in [-0.3, -0.25) is 0 Å². The first kappa shape index (κ1) is 15.4. The number of nitrogens with zero attached hydrogens (tertiary/aromatic N) is 1. The normalized spacial score (nSPS) is 14.2. The summed E-state index contributed by atoms with van der Waals surface area (Å²) in [5.74, 6) is 7.31. The molecule has 1 aliphatic carbocycles. The van der Waals surface area contributed by atoms with E-state index in [9.17, 15) is 0 Å². The second-order valence-corrected chi connectivity index (χ2v) is 7.37. The molecule has 3 rings (SSSR count). The molecule has 1 aromatic heterocycles. The van der Waals surface area contributed by atoms with Gasteiger partial charge in [-0.25, -0.2) is 0 Å². The van der Waals surface area contributed by atoms with Gasteiger partial charge in [-0.05, 0) is 63.2 Å². The van der Waals surface area contributed by atoms with E-state index in [-0.39, 0.29) is 0 Å². The third kappa shape index (κ3) is 3.45. The summed E-state index contributed by atoms with van der Waals surface area (Å²) in [5, 5.41) is 5.00. The van der Waals surface area contributed by atoms with Crippen molar-refractivity contribution in [1.29, 1.82) is 0 Å². The summed E-state index contributed by atoms with van der Waals surface area (Å²) in [6.45, 7) is 3.94. The highest BCUT2D eigenvalue weighted by Gasteiger charge is 2.25. The predicted molar refractivity (Wildman–Crippen MR) is 97.8 cm³/mol. The molecule has 0 spiro atoms. The van der Waals surface area contributed by atoms with Crippen molar-refractivity contribution in [1.82, 2.24) is 4.90 Å². The van der Waals surface area contributed by atoms with E-state index in [4.69, 9.17) is 0 Å². The van der Waals surface area contributed by atoms with Gasteiger partial charge in [0.2, 0.25) is 0 Å². The number of hydrogen-bond acceptors (Lipinski definition) is 3. The Morgan fingerprint density at radius 1 is 1.32 bits per heavy atom. The fraction of sp³-hybridized carbons (Fsp3) is 0.474. The van der Waals surface area contributed by atoms with Crippen LogP contribution in [0.5, 0.6) is 0 Å². The lowest BCUT2D eigenvalue weighted by molar-refractivity contribution is 0.425. The maximum Gasteiger partial charge on any atom is 0.0813 e. The highest BCUT2D eigenvalue weighted by Crippen LogP contribution is 2.41. The van der Waals surface area contributed by atoms with E-state index in [0.717, 1.165) is 19.0 Å². The second kappa shape index (κ2) is 6.73. The molecule has 1 saturated carbocycles. The Bertz CT molecular complexity index is 714. The summed E-state index contributed by atoms with van der Waals surface area (Å²) >= 11 is 1.85. The van der Waals surface area contributed by atoms with Crippen LogP contribution in [-0.2, 0) is 6.42 Å². The Morgan fingerprint density at radius 3 is 2.82 bits per heavy atom. The van der Waals surface area contributed by atoms with Gasteiger partial charge < -0.3 is 10.2 Å². The Hall–Kier alpha value is -1.50. The van der Waals surface area contributed by atoms with Gasteiger partial charge >= 0.3 is 0 Å². The van der Waals surface area contributed by atoms with Gasteiger partial charge in [-0.15, -0.1) is 17.3 Å². The highest BCUT2D eigenvalue weighted by atomic mass is 32.1. The quantitative estimate of drug-likeness (QED) is 0.804. The molecule has 22 heavy (non-hydrogen) atoms. The summed E-state index contributed by atoms with van der Waals surface area (Å²) in [4.78, 5) is 3.47. The number of nitrogens with one attached hydrogen (secondary N) is 1. The van der Waals surface area contributed by atoms with Crippen LogP contribution in [0.4, 0.5) is 5.69 Å². The average Bonchev–Trinajstić information content (AvgIpc) is 3.23. The first-order chi connectivity index (χ1) is 10.7. The van der Waals surface area contributed by atoms with Crippen LogP contribution in [0.2, 0.25) is 0 Å². The molecular weight excluding hydrogens is 288 g/mol. The van der Waals surface area contributed by atoms with Crippen LogP contribution < -0.4 is 5.32 Å². The molecule has 0 amide bonds. The number of hydrogen-bond donors (Lipinski definition) is 1. The average molecular weight is 312 g/mol. The molecule has 0 unspecified atom stereocenters. The maximum absolute atomic E-state index is 3.59. The van der Waals surface area contributed by atoms with Crippen LogP contribution in [-0.4, -0.2) is 32.1 Å². The fourth-order valence-electron chi connectivity index (χ4n) is 2.75. The molecule has 0 radical (unpaired) electrons. The van der Waals surface area contributed by atoms with Gasteiger partial charge in [0, 0.05) is 13.1 Å². The van der Waals surface area contributed by atoms with Crippen molar-refractivity contribution in [3.8, 4) is 11.8 Å². The van der Waals surface area contributed by atoms with Crippen molar-refractivity contribution in [3.63, 3.8) is 0 Å². The zero-order chi connectivity index (χ0) is 15.5. The minimum absolute atomic E-state index is 0.889. The molecule has 1 fully saturated rings. The van der Waals surface area contributed by atoms with Crippen LogP contribution in [0.1, 0.15) is 30.2 Å². The summed E-state index contributed by atoms with van der Waals surface area (Å²) in [6, 6.07) is 6.63. The van der Waals surface area contributed by atoms with Crippen molar-refractivity contribution >= 4 is 27.1 Å². The Morgan fingerprint density at radius 2 is 2.14 bits per heavy atom. The number of likely N-dealkylation sites (N-methyl/N-ethyl adjacent to an activating group) is 1. The van der Waals surface area contributed by atoms with E-state index >= 15 is 0 Å². The van der Waals surface area contributed by atoms with E-state index in [1.807, 2.05) is 18.3 Å². The van der Waals surface area contributed by atoms with Crippen molar-refractivity contribution in [2.75, 3.05) is 32.5 Å². The van der Waals surface area contributed by atoms with Crippen molar-refractivity contribution in [2.24, 2.45) is 5.92 Å². The predicted octanol–water partition coefficient (Wildman–Crippen LogP) is 4.20. The van der Waals surface area contributed by atoms with Gasteiger partial charge in [-0.1, -0.05) is 18.1 Å². The van der Waals surface area contributed by atoms with Crippen LogP contribution in [0.25, 0.3) is 10.1 Å². The van der Waals surface area contributed by atoms with Gasteiger partial charge in [0.1, 0.15) is 0 Å². The first-order valence-corrected chi connectivity index (χ1v) is 8.86. The largest absolute Gasteiger partial charge is 0.383 e. The molecule has 2 aromatic rings. The molecule has 0 atom stereocenters. The van der Waals surface area contributed by atoms with Crippen LogP contribution in [0, 0.1) is 17.8 Å². The monoisotopic (exact) mass is 312 g/mol. The maximum atomic E-state index is 3.59. The van der Waals surface area contributed by atoms with E-state index in [1.165, 1.54) is 45.5 Å². The second-order valence-electron chi connectivity index (χ2n) is 6.34. The summed E-state index contributed by atoms with van der Waals surface area (Å²) in [5.41, 5.74) is 2.73. The van der Waals surface area contributed by atoms with Crippen LogP contribution in [0.3, 0.4) is 0 Å². The van der Waals surface area contributed by atoms with E-state index < -0.39 is 0 Å². The third-order valence-corrected chi connectivity index (χ3v) is 5.32. The smallest absolute Gasteiger partial charge is 0.0813 e. The van der Waals surface area contributed by atoms with Crippen LogP contribution in [0.15, 0.2) is 18.2 Å². The van der Waals surface area contributed by atoms with E-state index in [1.54, 1.807) is 0 Å². The Labute approximate surface area is 137 Å². The topological polar surface area (TPSA) is 15.3 Å². The fourth-order valence-corrected chi connectivity index (χ4v) is 3.98. The molecular formula is C19H24N2S. The lowest BCUT2D eigenvalue weighted by Crippen LogP contribution is -2.20. The minimum Gasteiger partial charge on any atom is -0.383 e. The Balaban J connectivity index is 1.94. The number of anilines is 1. The zero-order valence-electron chi connectivity index (χ0n) is 13.7. The molecule has 0 bridgehead atoms. The lowest BCUT2D eigenvalue weighted by atomic mass is 10.0. The van der Waals surface area contributed by atoms with Crippen molar-refractivity contribution in [2.45, 2.75) is 26.2 Å². The summed E-state index contributed by atoms with van der Waals surface area (Å²) in [7, 11) is 4.21. The van der Waals surface area contributed by atoms with Crippen LogP contribution >= 0.6 is 11.3 Å². The SMILES string of the molecule is CC#Cc1sc2c(NCCN(C)C)cccc2c1CC1CC1. The third-order valence-electron chi connectivity index (χ3n) is 4.12. The minimum atomic E-state index is 0.889. The molecule has 0 aliphatic heterocycles. The van der Waals surface area contributed by atoms with Crippen molar-refractivity contribution in [3.05, 3.63) is 28.6 Å². The number of rotatable bonds is 6. The first-order valence-electron chi connectivity index (χ1n) is 8.04. The zero-order valence-corrected chi connectivity index (χ0v) is 14.5. The van der Waals surface area contributed by atoms with E-state index in [2.05, 4.69) is 54.4 Å². The molecule has 1 N–H and O–H groups in total. The molecule has 1 aromatic carbocycles. The molecule has 0 saturated heterocycles. The highest BCUT2D eigenvalue weighted by molar-refractivity contribution is 7.20. The van der Waals surface area contributed by atoms with Gasteiger partial charge in [0.05, 0.1) is 15.3 Å². The van der Waals surface area contributed by atoms with Gasteiger partial charge in [0.15, 0.2) is 0 Å². The standard InChI is InChI=1S/C19H24N2S/c1-4-6-18-16(13-14-9-10-14)15-7-5-8-17(19(15)22-18)20-11-12-21(2)3/h5,7-8,14,20H,9-13H2,1-3H3. The lowest BCUT2D eigenvalue weighted by Gasteiger charge is -2.12. The molecule has 116 valence electrons. The molecule has 2 nitrogen and oxygen atoms in total. The molecule has 1 heterocycles. The summed E-state index contributed by atoms with van der Waals surface area (Å²) < 4.78 is 1.37. The van der Waals surface area contributed by atoms with Gasteiger partial charge in [0.25, 0.3) is 0 Å². The number of fused-ring (bicyclic) bond motifs is 1. The number of benzene rings is 1. The van der Waals surface area contributed by atoms with Crippen molar-refractivity contribution < 1.29 is 0 Å². The van der Waals surface area contributed by atoms with Gasteiger partial charge in [-0.2, -0.15) is 0 Å².